The average Bonchev–Trinajstić information content (AvgIpc) is 2.72. The molecule has 1 fully saturated rings. The molecule has 0 aromatic heterocycles. The molecule has 0 N–H and O–H groups in total. The Hall–Kier alpha value is -2.29. The molecule has 0 saturated carbocycles. The summed E-state index contributed by atoms with van der Waals surface area (Å²) >= 11 is 0. The van der Waals surface area contributed by atoms with Crippen molar-refractivity contribution in [2.24, 2.45) is 5.41 Å². The van der Waals surface area contributed by atoms with E-state index in [0.29, 0.717) is 24.5 Å². The van der Waals surface area contributed by atoms with Crippen LogP contribution in [0.2, 0.25) is 0 Å². The van der Waals surface area contributed by atoms with E-state index in [1.165, 1.54) is 0 Å². The van der Waals surface area contributed by atoms with Crippen LogP contribution < -0.4 is 9.47 Å². The van der Waals surface area contributed by atoms with Gasteiger partial charge in [0.25, 0.3) is 5.91 Å². The second-order valence-corrected chi connectivity index (χ2v) is 5.72. The maximum atomic E-state index is 12.5. The fourth-order valence-electron chi connectivity index (χ4n) is 2.84. The van der Waals surface area contributed by atoms with Crippen LogP contribution in [0.3, 0.4) is 0 Å². The number of fused-ring (bicyclic) bond motifs is 1. The van der Waals surface area contributed by atoms with E-state index in [1.54, 1.807) is 17.0 Å². The standard InChI is InChI=1S/C16H17FN2O3/c17-7-6-16(9-18)10-19(11-16)15(20)14-5-8-21-12-3-1-2-4-13(12)22-14/h1-4,14H,5-8,10-11H2. The lowest BCUT2D eigenvalue weighted by Gasteiger charge is -2.46. The molecular formula is C16H17FN2O3. The molecule has 1 aromatic carbocycles. The molecule has 1 aromatic rings. The number of nitrogens with zero attached hydrogens (tertiary/aromatic N) is 2. The monoisotopic (exact) mass is 304 g/mol. The zero-order valence-electron chi connectivity index (χ0n) is 12.1. The highest BCUT2D eigenvalue weighted by atomic mass is 19.1. The highest BCUT2D eigenvalue weighted by molar-refractivity contribution is 5.82. The van der Waals surface area contributed by atoms with E-state index in [2.05, 4.69) is 6.07 Å². The number of ether oxygens (including phenoxy) is 2. The number of carbonyl (C=O) groups excluding carboxylic acids is 1. The fraction of sp³-hybridized carbons (Fsp3) is 0.500. The van der Waals surface area contributed by atoms with Crippen molar-refractivity contribution in [3.63, 3.8) is 0 Å². The summed E-state index contributed by atoms with van der Waals surface area (Å²) in [5.41, 5.74) is -0.733. The summed E-state index contributed by atoms with van der Waals surface area (Å²) < 4.78 is 23.8. The molecule has 2 aliphatic heterocycles. The van der Waals surface area contributed by atoms with Gasteiger partial charge in [0, 0.05) is 19.5 Å². The Labute approximate surface area is 128 Å². The lowest BCUT2D eigenvalue weighted by atomic mass is 9.78. The number of carbonyl (C=O) groups is 1. The molecular weight excluding hydrogens is 287 g/mol. The first-order valence-corrected chi connectivity index (χ1v) is 7.32. The van der Waals surface area contributed by atoms with Crippen LogP contribution in [-0.4, -0.2) is 43.3 Å². The first-order chi connectivity index (χ1) is 10.7. The van der Waals surface area contributed by atoms with E-state index in [-0.39, 0.29) is 25.4 Å². The van der Waals surface area contributed by atoms with Crippen molar-refractivity contribution in [3.05, 3.63) is 24.3 Å². The molecule has 2 aliphatic rings. The van der Waals surface area contributed by atoms with E-state index in [4.69, 9.17) is 14.7 Å². The van der Waals surface area contributed by atoms with Gasteiger partial charge in [-0.05, 0) is 18.6 Å². The Kier molecular flexibility index (Phi) is 3.88. The van der Waals surface area contributed by atoms with Crippen molar-refractivity contribution in [1.82, 2.24) is 4.90 Å². The maximum absolute atomic E-state index is 12.5. The van der Waals surface area contributed by atoms with E-state index in [1.807, 2.05) is 12.1 Å². The first-order valence-electron chi connectivity index (χ1n) is 7.32. The molecule has 1 unspecified atom stereocenters. The zero-order valence-corrected chi connectivity index (χ0v) is 12.1. The molecule has 1 saturated heterocycles. The Morgan fingerprint density at radius 3 is 2.82 bits per heavy atom. The van der Waals surface area contributed by atoms with Crippen molar-refractivity contribution >= 4 is 5.91 Å². The highest BCUT2D eigenvalue weighted by Gasteiger charge is 2.47. The van der Waals surface area contributed by atoms with Crippen LogP contribution in [0.5, 0.6) is 11.5 Å². The average molecular weight is 304 g/mol. The third-order valence-electron chi connectivity index (χ3n) is 4.14. The second-order valence-electron chi connectivity index (χ2n) is 5.72. The number of rotatable bonds is 3. The highest BCUT2D eigenvalue weighted by Crippen LogP contribution is 2.36. The number of hydrogen-bond acceptors (Lipinski definition) is 4. The number of hydrogen-bond donors (Lipinski definition) is 0. The summed E-state index contributed by atoms with van der Waals surface area (Å²) in [6.45, 7) is 0.398. The summed E-state index contributed by atoms with van der Waals surface area (Å²) in [7, 11) is 0. The van der Waals surface area contributed by atoms with Crippen molar-refractivity contribution in [2.75, 3.05) is 26.4 Å². The molecule has 116 valence electrons. The summed E-state index contributed by atoms with van der Waals surface area (Å²) in [6, 6.07) is 9.36. The van der Waals surface area contributed by atoms with Crippen LogP contribution in [0.25, 0.3) is 0 Å². The van der Waals surface area contributed by atoms with Gasteiger partial charge in [-0.2, -0.15) is 5.26 Å². The summed E-state index contributed by atoms with van der Waals surface area (Å²) in [5, 5.41) is 9.15. The molecule has 0 aliphatic carbocycles. The van der Waals surface area contributed by atoms with Gasteiger partial charge in [0.15, 0.2) is 17.6 Å². The largest absolute Gasteiger partial charge is 0.490 e. The van der Waals surface area contributed by atoms with Crippen LogP contribution in [0.4, 0.5) is 4.39 Å². The smallest absolute Gasteiger partial charge is 0.263 e. The third-order valence-corrected chi connectivity index (χ3v) is 4.14. The fourth-order valence-corrected chi connectivity index (χ4v) is 2.84. The predicted octanol–water partition coefficient (Wildman–Crippen LogP) is 1.93. The quantitative estimate of drug-likeness (QED) is 0.856. The summed E-state index contributed by atoms with van der Waals surface area (Å²) in [4.78, 5) is 14.1. The molecule has 2 heterocycles. The van der Waals surface area contributed by atoms with Crippen LogP contribution in [-0.2, 0) is 4.79 Å². The number of alkyl halides is 1. The predicted molar refractivity (Wildman–Crippen MR) is 76.2 cm³/mol. The van der Waals surface area contributed by atoms with Gasteiger partial charge >= 0.3 is 0 Å². The van der Waals surface area contributed by atoms with Crippen LogP contribution in [0, 0.1) is 16.7 Å². The molecule has 1 atom stereocenters. The number of amides is 1. The van der Waals surface area contributed by atoms with E-state index >= 15 is 0 Å². The van der Waals surface area contributed by atoms with Gasteiger partial charge in [0.05, 0.1) is 24.8 Å². The Balaban J connectivity index is 1.66. The molecule has 0 spiro atoms. The van der Waals surface area contributed by atoms with E-state index in [0.717, 1.165) is 0 Å². The summed E-state index contributed by atoms with van der Waals surface area (Å²) in [5.74, 6) is 1.02. The maximum Gasteiger partial charge on any atom is 0.263 e. The van der Waals surface area contributed by atoms with Gasteiger partial charge < -0.3 is 14.4 Å². The normalized spacial score (nSPS) is 22.2. The van der Waals surface area contributed by atoms with Gasteiger partial charge in [0.2, 0.25) is 0 Å². The van der Waals surface area contributed by atoms with Gasteiger partial charge in [0.1, 0.15) is 0 Å². The van der Waals surface area contributed by atoms with Gasteiger partial charge in [-0.1, -0.05) is 12.1 Å². The van der Waals surface area contributed by atoms with Crippen LogP contribution in [0.1, 0.15) is 12.8 Å². The molecule has 1 amide bonds. The van der Waals surface area contributed by atoms with E-state index < -0.39 is 18.2 Å². The minimum absolute atomic E-state index is 0.162. The summed E-state index contributed by atoms with van der Waals surface area (Å²) in [6.07, 6.45) is 0.00274. The number of benzene rings is 1. The lowest BCUT2D eigenvalue weighted by Crippen LogP contribution is -2.60. The lowest BCUT2D eigenvalue weighted by molar-refractivity contribution is -0.148. The minimum atomic E-state index is -0.733. The molecule has 5 nitrogen and oxygen atoms in total. The molecule has 0 radical (unpaired) electrons. The number of nitriles is 1. The first kappa shape index (κ1) is 14.6. The van der Waals surface area contributed by atoms with Crippen LogP contribution >= 0.6 is 0 Å². The van der Waals surface area contributed by atoms with E-state index in [9.17, 15) is 9.18 Å². The van der Waals surface area contributed by atoms with Crippen molar-refractivity contribution in [2.45, 2.75) is 18.9 Å². The van der Waals surface area contributed by atoms with Gasteiger partial charge in [-0.3, -0.25) is 9.18 Å². The molecule has 22 heavy (non-hydrogen) atoms. The number of halogens is 1. The number of para-hydroxylation sites is 2. The Morgan fingerprint density at radius 2 is 2.14 bits per heavy atom. The molecule has 0 bridgehead atoms. The minimum Gasteiger partial charge on any atom is -0.490 e. The zero-order chi connectivity index (χ0) is 15.6. The molecule has 6 heteroatoms. The van der Waals surface area contributed by atoms with Crippen molar-refractivity contribution in [1.29, 1.82) is 5.26 Å². The Morgan fingerprint density at radius 1 is 1.41 bits per heavy atom. The van der Waals surface area contributed by atoms with Crippen LogP contribution in [0.15, 0.2) is 24.3 Å². The molecule has 3 rings (SSSR count). The van der Waals surface area contributed by atoms with Gasteiger partial charge in [-0.25, -0.2) is 0 Å². The topological polar surface area (TPSA) is 62.6 Å². The second kappa shape index (κ2) is 5.84. The van der Waals surface area contributed by atoms with Crippen molar-refractivity contribution in [3.8, 4) is 17.6 Å². The van der Waals surface area contributed by atoms with Crippen molar-refractivity contribution < 1.29 is 18.7 Å². The van der Waals surface area contributed by atoms with Gasteiger partial charge in [-0.15, -0.1) is 0 Å². The number of likely N-dealkylation sites (tertiary alicyclic amines) is 1. The Bertz CT molecular complexity index is 608. The third kappa shape index (κ3) is 2.59. The SMILES string of the molecule is N#CC1(CCF)CN(C(=O)C2CCOc3ccccc3O2)C1.